The van der Waals surface area contributed by atoms with Gasteiger partial charge in [0.2, 0.25) is 0 Å². The minimum atomic E-state index is -4.54. The fourth-order valence-corrected chi connectivity index (χ4v) is 4.23. The molecule has 0 saturated carbocycles. The second kappa shape index (κ2) is 6.57. The molecule has 144 valence electrons. The second-order valence-corrected chi connectivity index (χ2v) is 7.60. The number of halogens is 4. The average Bonchev–Trinajstić information content (AvgIpc) is 3.13. The van der Waals surface area contributed by atoms with Gasteiger partial charge in [0.1, 0.15) is 10.0 Å². The van der Waals surface area contributed by atoms with Crippen LogP contribution in [0, 0.1) is 6.92 Å². The van der Waals surface area contributed by atoms with Crippen molar-refractivity contribution in [2.75, 3.05) is 4.72 Å². The Kier molecular flexibility index (Phi) is 4.68. The van der Waals surface area contributed by atoms with E-state index < -0.39 is 21.9 Å². The van der Waals surface area contributed by atoms with E-state index in [1.807, 2.05) is 0 Å². The largest absolute Gasteiger partial charge is 0.435 e. The van der Waals surface area contributed by atoms with Gasteiger partial charge in [-0.3, -0.25) is 9.40 Å². The van der Waals surface area contributed by atoms with E-state index in [-0.39, 0.29) is 21.4 Å². The number of sulfonamides is 1. The molecule has 27 heavy (non-hydrogen) atoms. The van der Waals surface area contributed by atoms with Crippen LogP contribution in [-0.4, -0.2) is 28.0 Å². The van der Waals surface area contributed by atoms with E-state index in [1.54, 1.807) is 0 Å². The molecule has 0 aliphatic carbocycles. The lowest BCUT2D eigenvalue weighted by atomic mass is 10.3. The van der Waals surface area contributed by atoms with Crippen molar-refractivity contribution in [3.8, 4) is 5.69 Å². The Bertz CT molecular complexity index is 1090. The van der Waals surface area contributed by atoms with Crippen LogP contribution < -0.4 is 4.72 Å². The number of anilines is 1. The fourth-order valence-electron chi connectivity index (χ4n) is 2.42. The molecular formula is C15H13ClF3N5O2S. The molecule has 0 saturated heterocycles. The van der Waals surface area contributed by atoms with Gasteiger partial charge in [0, 0.05) is 18.9 Å². The summed E-state index contributed by atoms with van der Waals surface area (Å²) in [6.45, 7) is 1.51. The minimum Gasteiger partial charge on any atom is -0.279 e. The lowest BCUT2D eigenvalue weighted by molar-refractivity contribution is -0.141. The molecule has 3 aromatic rings. The number of hydrogen-bond donors (Lipinski definition) is 1. The van der Waals surface area contributed by atoms with Crippen molar-refractivity contribution in [1.29, 1.82) is 0 Å². The third-order valence-corrected chi connectivity index (χ3v) is 5.71. The van der Waals surface area contributed by atoms with E-state index >= 15 is 0 Å². The summed E-state index contributed by atoms with van der Waals surface area (Å²) in [5.41, 5.74) is -0.234. The third kappa shape index (κ3) is 3.78. The Hall–Kier alpha value is -2.53. The maximum Gasteiger partial charge on any atom is 0.435 e. The van der Waals surface area contributed by atoms with Crippen LogP contribution in [0.5, 0.6) is 0 Å². The van der Waals surface area contributed by atoms with Gasteiger partial charge in [0.15, 0.2) is 5.69 Å². The molecule has 0 amide bonds. The minimum absolute atomic E-state index is 0.0344. The molecule has 3 rings (SSSR count). The summed E-state index contributed by atoms with van der Waals surface area (Å²) >= 11 is 5.99. The molecular weight excluding hydrogens is 407 g/mol. The van der Waals surface area contributed by atoms with Gasteiger partial charge in [-0.05, 0) is 37.3 Å². The standard InChI is InChI=1S/C15H13ClF3N5O2S/c1-9-13(14(16)23(2)20-9)27(25,26)22-10-3-5-11(6-4-10)24-8-7-12(21-24)15(17,18)19/h3-8,22H,1-2H3. The van der Waals surface area contributed by atoms with Crippen molar-refractivity contribution in [2.45, 2.75) is 18.0 Å². The lowest BCUT2D eigenvalue weighted by Gasteiger charge is -2.09. The summed E-state index contributed by atoms with van der Waals surface area (Å²) in [4.78, 5) is -0.141. The first-order valence-corrected chi connectivity index (χ1v) is 9.30. The van der Waals surface area contributed by atoms with Crippen LogP contribution in [0.3, 0.4) is 0 Å². The van der Waals surface area contributed by atoms with Gasteiger partial charge < -0.3 is 0 Å². The predicted molar refractivity (Wildman–Crippen MR) is 92.3 cm³/mol. The molecule has 1 N–H and O–H groups in total. The number of aromatic nitrogens is 4. The molecule has 12 heteroatoms. The van der Waals surface area contributed by atoms with Crippen molar-refractivity contribution < 1.29 is 21.6 Å². The number of hydrogen-bond acceptors (Lipinski definition) is 4. The molecule has 0 aliphatic rings. The van der Waals surface area contributed by atoms with Crippen molar-refractivity contribution >= 4 is 27.3 Å². The molecule has 0 bridgehead atoms. The van der Waals surface area contributed by atoms with Crippen LogP contribution in [0.4, 0.5) is 18.9 Å². The van der Waals surface area contributed by atoms with Crippen LogP contribution >= 0.6 is 11.6 Å². The number of nitrogens with zero attached hydrogens (tertiary/aromatic N) is 4. The zero-order valence-electron chi connectivity index (χ0n) is 14.0. The Morgan fingerprint density at radius 1 is 1.11 bits per heavy atom. The maximum atomic E-state index is 12.6. The maximum absolute atomic E-state index is 12.6. The molecule has 0 fully saturated rings. The smallest absolute Gasteiger partial charge is 0.279 e. The Balaban J connectivity index is 1.85. The molecule has 0 radical (unpaired) electrons. The number of alkyl halides is 3. The number of rotatable bonds is 4. The zero-order valence-corrected chi connectivity index (χ0v) is 15.6. The van der Waals surface area contributed by atoms with Gasteiger partial charge in [-0.1, -0.05) is 11.6 Å². The van der Waals surface area contributed by atoms with Crippen molar-refractivity contribution in [3.05, 3.63) is 53.1 Å². The fraction of sp³-hybridized carbons (Fsp3) is 0.200. The highest BCUT2D eigenvalue weighted by molar-refractivity contribution is 7.92. The van der Waals surface area contributed by atoms with Crippen LogP contribution in [0.1, 0.15) is 11.4 Å². The summed E-state index contributed by atoms with van der Waals surface area (Å²) in [5.74, 6) is 0. The van der Waals surface area contributed by atoms with E-state index in [1.165, 1.54) is 49.1 Å². The van der Waals surface area contributed by atoms with Crippen molar-refractivity contribution in [1.82, 2.24) is 19.6 Å². The molecule has 2 heterocycles. The topological polar surface area (TPSA) is 81.8 Å². The summed E-state index contributed by atoms with van der Waals surface area (Å²) in [7, 11) is -2.47. The van der Waals surface area contributed by atoms with E-state index in [0.29, 0.717) is 5.69 Å². The number of benzene rings is 1. The average molecular weight is 420 g/mol. The van der Waals surface area contributed by atoms with Gasteiger partial charge in [-0.25, -0.2) is 13.1 Å². The van der Waals surface area contributed by atoms with Gasteiger partial charge in [-0.2, -0.15) is 23.4 Å². The summed E-state index contributed by atoms with van der Waals surface area (Å²) < 4.78 is 67.6. The van der Waals surface area contributed by atoms with Crippen LogP contribution in [0.25, 0.3) is 5.69 Å². The Morgan fingerprint density at radius 2 is 1.74 bits per heavy atom. The highest BCUT2D eigenvalue weighted by Gasteiger charge is 2.33. The number of aryl methyl sites for hydroxylation is 2. The van der Waals surface area contributed by atoms with Crippen molar-refractivity contribution in [3.63, 3.8) is 0 Å². The number of nitrogens with one attached hydrogen (secondary N) is 1. The van der Waals surface area contributed by atoms with E-state index in [2.05, 4.69) is 14.9 Å². The summed E-state index contributed by atoms with van der Waals surface area (Å²) in [5, 5.41) is 7.38. The summed E-state index contributed by atoms with van der Waals surface area (Å²) in [6, 6.07) is 6.53. The van der Waals surface area contributed by atoms with Crippen LogP contribution in [-0.2, 0) is 23.2 Å². The molecule has 0 aliphatic heterocycles. The third-order valence-electron chi connectivity index (χ3n) is 3.63. The first-order chi connectivity index (χ1) is 12.5. The second-order valence-electron chi connectivity index (χ2n) is 5.62. The molecule has 2 aromatic heterocycles. The SMILES string of the molecule is Cc1nn(C)c(Cl)c1S(=O)(=O)Nc1ccc(-n2ccc(C(F)(F)F)n2)cc1. The molecule has 7 nitrogen and oxygen atoms in total. The van der Waals surface area contributed by atoms with E-state index in [9.17, 15) is 21.6 Å². The normalized spacial score (nSPS) is 12.4. The monoisotopic (exact) mass is 419 g/mol. The highest BCUT2D eigenvalue weighted by atomic mass is 35.5. The zero-order chi connectivity index (χ0) is 20.0. The van der Waals surface area contributed by atoms with E-state index in [0.717, 1.165) is 10.7 Å². The first kappa shape index (κ1) is 19.2. The van der Waals surface area contributed by atoms with Gasteiger partial charge in [0.25, 0.3) is 10.0 Å². The first-order valence-electron chi connectivity index (χ1n) is 7.44. The van der Waals surface area contributed by atoms with E-state index in [4.69, 9.17) is 11.6 Å². The van der Waals surface area contributed by atoms with Crippen molar-refractivity contribution in [2.24, 2.45) is 7.05 Å². The molecule has 1 aromatic carbocycles. The Morgan fingerprint density at radius 3 is 2.22 bits per heavy atom. The Labute approximate surface area is 157 Å². The predicted octanol–water partition coefficient (Wildman–Crippen LogP) is 3.39. The van der Waals surface area contributed by atoms with Gasteiger partial charge >= 0.3 is 6.18 Å². The lowest BCUT2D eigenvalue weighted by Crippen LogP contribution is -2.14. The molecule has 0 spiro atoms. The molecule has 0 atom stereocenters. The van der Waals surface area contributed by atoms with Crippen LogP contribution in [0.15, 0.2) is 41.4 Å². The quantitative estimate of drug-likeness (QED) is 0.702. The van der Waals surface area contributed by atoms with Gasteiger partial charge in [0.05, 0.1) is 11.4 Å². The van der Waals surface area contributed by atoms with Crippen LogP contribution in [0.2, 0.25) is 5.15 Å². The van der Waals surface area contributed by atoms with Gasteiger partial charge in [-0.15, -0.1) is 0 Å². The highest BCUT2D eigenvalue weighted by Crippen LogP contribution is 2.29. The molecule has 0 unspecified atom stereocenters. The summed E-state index contributed by atoms with van der Waals surface area (Å²) in [6.07, 6.45) is -3.37.